The molecule has 0 saturated carbocycles. The third kappa shape index (κ3) is 42.7. The lowest BCUT2D eigenvalue weighted by Gasteiger charge is -2.30. The summed E-state index contributed by atoms with van der Waals surface area (Å²) in [5, 5.41) is 151. The topological polar surface area (TPSA) is 972 Å². The number of rotatable bonds is 62. The molecule has 2 aromatic rings. The van der Waals surface area contributed by atoms with Crippen LogP contribution in [0.3, 0.4) is 0 Å². The van der Waals surface area contributed by atoms with E-state index in [1.807, 2.05) is 21.3 Å². The van der Waals surface area contributed by atoms with Crippen LogP contribution in [0.1, 0.15) is 117 Å². The molecule has 0 spiro atoms. The number of thiol groups is 1. The molecule has 22 atom stereocenters. The Balaban J connectivity index is 1.81. The van der Waals surface area contributed by atoms with Gasteiger partial charge in [-0.2, -0.15) is 12.6 Å². The number of carbonyl (C=O) groups excluding carboxylic acids is 21. The van der Waals surface area contributed by atoms with Crippen molar-refractivity contribution < 1.29 is 166 Å². The maximum absolute atomic E-state index is 14.8. The fourth-order valence-electron chi connectivity index (χ4n) is 13.4. The summed E-state index contributed by atoms with van der Waals surface area (Å²) in [4.78, 5) is 320. The van der Waals surface area contributed by atoms with Crippen LogP contribution < -0.4 is 124 Å². The predicted molar refractivity (Wildman–Crippen MR) is 497 cm³/mol. The molecule has 0 unspecified atom stereocenters. The SMILES string of the molecule is C[C@H](NC(=O)CNC(=O)CNC(=O)[C@H](CCCNC(=N)N)NC(=O)[C@H](C)NC(=O)[C@H](CS)NC(=O)[C@H](Cc1ccccc1)NC(=O)[C@H](Cc1ccc(O)cc1)NC(=O)[C@@H](NC(=O)[C@H](C)NC(=O)[C@@H](NC(=O)[C@H](CC(=O)O)NC(=O)[C@H](CCC(=O)O)NC(=O)[C@@H](NC(=O)[C@@H](NC(=O)[C@@H]1CCCN1C(=O)[C@@H](N)CO)[C@@H](C)O)[C@@H](C)O)[C@@H](C)O)[C@@H](C)O)C(=O)N[C@@H](CO)C(=O)N[C@@H](CC(N)=O)C(=O)N[C@@H](CC(N)=O)C(=O)O. The van der Waals surface area contributed by atoms with Gasteiger partial charge < -0.3 is 180 Å². The number of aromatic hydroxyl groups is 1. The minimum absolute atomic E-state index is 0.0123. The van der Waals surface area contributed by atoms with Crippen LogP contribution in [0.5, 0.6) is 5.75 Å². The summed E-state index contributed by atoms with van der Waals surface area (Å²) in [5.74, 6) is -31.6. The van der Waals surface area contributed by atoms with Crippen molar-refractivity contribution in [3.05, 3.63) is 65.7 Å². The quantitative estimate of drug-likeness (QED) is 0.0127. The highest BCUT2D eigenvalue weighted by atomic mass is 32.1. The number of nitrogens with two attached hydrogens (primary N) is 4. The summed E-state index contributed by atoms with van der Waals surface area (Å²) in [7, 11) is 0. The number of benzene rings is 2. The zero-order valence-corrected chi connectivity index (χ0v) is 80.0. The van der Waals surface area contributed by atoms with Crippen molar-refractivity contribution in [1.82, 2.24) is 106 Å². The van der Waals surface area contributed by atoms with Crippen LogP contribution in [-0.4, -0.2) is 382 Å². The number of primary amides is 2. The van der Waals surface area contributed by atoms with Crippen molar-refractivity contribution in [1.29, 1.82) is 5.41 Å². The van der Waals surface area contributed by atoms with Crippen LogP contribution >= 0.6 is 12.6 Å². The van der Waals surface area contributed by atoms with Crippen molar-refractivity contribution in [2.45, 2.75) is 252 Å². The van der Waals surface area contributed by atoms with E-state index < -0.39 is 352 Å². The fraction of sp³-hybridized carbons (Fsp3) is 0.560. The first-order chi connectivity index (χ1) is 67.4. The molecule has 38 N–H and O–H groups in total. The van der Waals surface area contributed by atoms with Gasteiger partial charge in [0.05, 0.1) is 70.0 Å². The molecule has 1 saturated heterocycles. The average Bonchev–Trinajstić information content (AvgIpc) is 1.67. The minimum Gasteiger partial charge on any atom is -0.508 e. The van der Waals surface area contributed by atoms with Gasteiger partial charge in [0.15, 0.2) is 5.96 Å². The summed E-state index contributed by atoms with van der Waals surface area (Å²) in [6.45, 7) is 3.54. The lowest BCUT2D eigenvalue weighted by atomic mass is 10.0. The van der Waals surface area contributed by atoms with E-state index in [2.05, 4.69) is 92.4 Å². The predicted octanol–water partition coefficient (Wildman–Crippen LogP) is -16.6. The van der Waals surface area contributed by atoms with E-state index >= 15 is 0 Å². The van der Waals surface area contributed by atoms with Gasteiger partial charge in [-0.1, -0.05) is 42.5 Å². The molecule has 3 rings (SSSR count). The first-order valence-corrected chi connectivity index (χ1v) is 45.2. The highest BCUT2D eigenvalue weighted by Crippen LogP contribution is 2.20. The highest BCUT2D eigenvalue weighted by Gasteiger charge is 2.44. The number of carboxylic acids is 3. The molecule has 798 valence electrons. The van der Waals surface area contributed by atoms with Crippen molar-refractivity contribution in [2.24, 2.45) is 22.9 Å². The lowest BCUT2D eigenvalue weighted by molar-refractivity contribution is -0.144. The van der Waals surface area contributed by atoms with Crippen molar-refractivity contribution >= 4 is 161 Å². The average molecular weight is 2060 g/mol. The third-order valence-electron chi connectivity index (χ3n) is 21.3. The zero-order chi connectivity index (χ0) is 109. The second kappa shape index (κ2) is 60.9. The molecule has 2 aromatic carbocycles. The maximum Gasteiger partial charge on any atom is 0.326 e. The van der Waals surface area contributed by atoms with Gasteiger partial charge in [0.2, 0.25) is 124 Å². The van der Waals surface area contributed by atoms with Gasteiger partial charge in [-0.3, -0.25) is 116 Å². The number of aliphatic hydroxyl groups is 6. The minimum atomic E-state index is -2.28. The first-order valence-electron chi connectivity index (χ1n) is 44.6. The largest absolute Gasteiger partial charge is 0.508 e. The number of hydrogen-bond donors (Lipinski definition) is 35. The summed E-state index contributed by atoms with van der Waals surface area (Å²) >= 11 is 4.25. The Morgan fingerprint density at radius 2 is 0.785 bits per heavy atom. The summed E-state index contributed by atoms with van der Waals surface area (Å²) < 4.78 is 0. The van der Waals surface area contributed by atoms with Crippen LogP contribution in [-0.2, 0) is 128 Å². The Hall–Kier alpha value is -15.1. The number of nitrogens with zero attached hydrogens (tertiary/aromatic N) is 1. The molecular weight excluding hydrogens is 1940 g/mol. The molecule has 0 aromatic heterocycles. The van der Waals surface area contributed by atoms with Gasteiger partial charge in [-0.25, -0.2) is 4.79 Å². The molecular formula is C84H127N25O34S. The molecule has 59 nitrogen and oxygen atoms in total. The first kappa shape index (κ1) is 123. The Morgan fingerprint density at radius 1 is 0.403 bits per heavy atom. The van der Waals surface area contributed by atoms with E-state index in [0.717, 1.165) is 53.4 Å². The lowest BCUT2D eigenvalue weighted by Crippen LogP contribution is -2.63. The number of phenolic OH excluding ortho intramolecular Hbond substituents is 1. The summed E-state index contributed by atoms with van der Waals surface area (Å²) in [5.41, 5.74) is 21.9. The van der Waals surface area contributed by atoms with Crippen LogP contribution in [0, 0.1) is 5.41 Å². The molecule has 0 radical (unpaired) electrons. The van der Waals surface area contributed by atoms with Gasteiger partial charge in [0.25, 0.3) is 0 Å². The smallest absolute Gasteiger partial charge is 0.326 e. The maximum atomic E-state index is 14.8. The van der Waals surface area contributed by atoms with Crippen molar-refractivity contribution in [3.63, 3.8) is 0 Å². The Bertz CT molecular complexity index is 4910. The molecule has 60 heteroatoms. The second-order valence-corrected chi connectivity index (χ2v) is 33.7. The number of nitrogens with one attached hydrogen (secondary N) is 20. The number of likely N-dealkylation sites (tertiary alicyclic amines) is 1. The standard InChI is InChI=1S/C84H127N25O34S/c1-35(66(125)103-53(33-111)75(134)99-50(27-56(86)117)73(132)102-52(83(142)143)28-57(87)118)93-59(120)31-91-58(119)30-92-69(128)46(15-11-23-90-84(88)89)96-67(126)36(2)94-76(135)54(34-144)104-72(131)48(25-42-13-9-8-10-14-42)98-71(130)49(26-43-17-19-44(116)20-18-43)101-80(139)63(39(5)113)105-68(127)37(3)95-78(137)62(38(4)112)106-74(133)51(29-61(123)124)100-70(129)47(21-22-60(121)122)97-79(138)64(40(6)114)108-81(140)65(41(7)115)107-77(136)55-16-12-24-109(55)82(141)45(85)32-110/h8-10,13-14,17-20,35-41,45-55,62-65,110-116,144H,11-12,15-16,21-34,85H2,1-7H3,(H2,86,117)(H2,87,118)(H,91,119)(H,92,128)(H,93,120)(H,94,135)(H,95,137)(H,96,126)(H,97,138)(H,98,130)(H,99,134)(H,100,129)(H,101,139)(H,102,132)(H,103,125)(H,104,131)(H,105,127)(H,106,133)(H,107,136)(H,108,140)(H,121,122)(H,123,124)(H,142,143)(H4,88,89,90)/t35-,36-,37-,38+,39+,40+,41+,45-,46-,47-,48-,49-,50-,51-,52-,53-,54-,55-,62-,63-,64-,65-/m0/s1. The molecule has 1 aliphatic rings. The van der Waals surface area contributed by atoms with Crippen molar-refractivity contribution in [2.75, 3.05) is 45.1 Å². The van der Waals surface area contributed by atoms with Gasteiger partial charge in [0, 0.05) is 38.1 Å². The molecule has 1 fully saturated rings. The van der Waals surface area contributed by atoms with Crippen LogP contribution in [0.2, 0.25) is 0 Å². The molecule has 1 aliphatic heterocycles. The van der Waals surface area contributed by atoms with E-state index in [1.54, 1.807) is 30.3 Å². The van der Waals surface area contributed by atoms with Gasteiger partial charge in [0.1, 0.15) is 115 Å². The van der Waals surface area contributed by atoms with Gasteiger partial charge >= 0.3 is 17.9 Å². The monoisotopic (exact) mass is 2060 g/mol. The molecule has 21 amide bonds. The van der Waals surface area contributed by atoms with Crippen LogP contribution in [0.4, 0.5) is 0 Å². The number of phenols is 1. The third-order valence-corrected chi connectivity index (χ3v) is 21.6. The van der Waals surface area contributed by atoms with E-state index in [1.165, 1.54) is 24.3 Å². The number of aliphatic hydroxyl groups excluding tert-OH is 6. The van der Waals surface area contributed by atoms with Crippen LogP contribution in [0.25, 0.3) is 0 Å². The molecule has 1 heterocycles. The fourth-order valence-corrected chi connectivity index (χ4v) is 13.7. The molecule has 0 bridgehead atoms. The van der Waals surface area contributed by atoms with Gasteiger partial charge in [-0.05, 0) is 104 Å². The normalized spacial score (nSPS) is 16.4. The molecule has 0 aliphatic carbocycles. The highest BCUT2D eigenvalue weighted by molar-refractivity contribution is 7.80. The number of carbonyl (C=O) groups is 24. The molecule has 144 heavy (non-hydrogen) atoms. The number of aliphatic carboxylic acids is 3. The number of guanidine groups is 1. The number of hydrogen-bond acceptors (Lipinski definition) is 34. The Morgan fingerprint density at radius 3 is 1.28 bits per heavy atom. The Kier molecular flexibility index (Phi) is 52.0. The Labute approximate surface area is 826 Å². The van der Waals surface area contributed by atoms with E-state index in [4.69, 9.17) is 28.3 Å². The summed E-state index contributed by atoms with van der Waals surface area (Å²) in [6, 6.07) is -19.6. The second-order valence-electron chi connectivity index (χ2n) is 33.3. The number of carboxylic acid groups (broad SMARTS) is 3. The van der Waals surface area contributed by atoms with Crippen LogP contribution in [0.15, 0.2) is 54.6 Å². The zero-order valence-electron chi connectivity index (χ0n) is 79.1. The van der Waals surface area contributed by atoms with E-state index in [9.17, 15) is 166 Å². The summed E-state index contributed by atoms with van der Waals surface area (Å²) in [6.07, 6.45) is -13.2. The van der Waals surface area contributed by atoms with E-state index in [0.29, 0.717) is 5.56 Å². The van der Waals surface area contributed by atoms with Gasteiger partial charge in [-0.15, -0.1) is 0 Å². The van der Waals surface area contributed by atoms with E-state index in [-0.39, 0.29) is 56.5 Å². The number of amides is 21. The van der Waals surface area contributed by atoms with Crippen molar-refractivity contribution in [3.8, 4) is 5.75 Å².